The third kappa shape index (κ3) is 3.53. The van der Waals surface area contributed by atoms with E-state index in [0.29, 0.717) is 0 Å². The van der Waals surface area contributed by atoms with Gasteiger partial charge in [-0.25, -0.2) is 0 Å². The molecule has 0 bridgehead atoms. The van der Waals surface area contributed by atoms with Gasteiger partial charge in [0.25, 0.3) is 0 Å². The standard InChI is InChI=1S/C28H32O9/c1-7-9-11-13-16(29)18-20(31)15(3)22(32)26(5)21(18)25(4)23(33)19(17(30)14-12-10-8-2)24(34)27(6,35)28(25,36)37-26/h7-14,21,29-31,35-36H,1-6H3/b9-7+,10-8+,13-11+,14-12+,18-16+,19-17+/t21-,25-,26+,27-,28-/m1/s1. The zero-order valence-corrected chi connectivity index (χ0v) is 21.6. The highest BCUT2D eigenvalue weighted by Crippen LogP contribution is 2.66. The zero-order chi connectivity index (χ0) is 28.1. The number of hydrogen-bond acceptors (Lipinski definition) is 9. The minimum Gasteiger partial charge on any atom is -0.508 e. The Morgan fingerprint density at radius 3 is 1.86 bits per heavy atom. The van der Waals surface area contributed by atoms with Crippen LogP contribution in [0.3, 0.4) is 0 Å². The van der Waals surface area contributed by atoms with E-state index in [4.69, 9.17) is 4.74 Å². The lowest BCUT2D eigenvalue weighted by Crippen LogP contribution is -2.72. The third-order valence-corrected chi connectivity index (χ3v) is 7.56. The highest BCUT2D eigenvalue weighted by molar-refractivity contribution is 6.28. The molecule has 1 saturated carbocycles. The van der Waals surface area contributed by atoms with E-state index in [9.17, 15) is 39.9 Å². The fourth-order valence-electron chi connectivity index (χ4n) is 5.62. The first-order chi connectivity index (χ1) is 17.1. The van der Waals surface area contributed by atoms with Crippen molar-refractivity contribution < 1.29 is 44.7 Å². The highest BCUT2D eigenvalue weighted by Gasteiger charge is 2.83. The number of hydrogen-bond donors (Lipinski definition) is 5. The molecule has 0 aromatic rings. The molecule has 1 saturated heterocycles. The van der Waals surface area contributed by atoms with E-state index in [1.54, 1.807) is 32.1 Å². The molecule has 5 N–H and O–H groups in total. The van der Waals surface area contributed by atoms with E-state index in [1.807, 2.05) is 0 Å². The summed E-state index contributed by atoms with van der Waals surface area (Å²) in [5.74, 6) is -9.75. The zero-order valence-electron chi connectivity index (χ0n) is 21.6. The van der Waals surface area contributed by atoms with Crippen molar-refractivity contribution in [1.82, 2.24) is 0 Å². The fourth-order valence-corrected chi connectivity index (χ4v) is 5.62. The predicted octanol–water partition coefficient (Wildman–Crippen LogP) is 3.29. The second kappa shape index (κ2) is 9.09. The van der Waals surface area contributed by atoms with E-state index >= 15 is 0 Å². The Labute approximate surface area is 214 Å². The summed E-state index contributed by atoms with van der Waals surface area (Å²) in [5, 5.41) is 55.9. The molecular formula is C28H32O9. The van der Waals surface area contributed by atoms with Gasteiger partial charge >= 0.3 is 0 Å². The number of carbonyl (C=O) groups excluding carboxylic acids is 3. The van der Waals surface area contributed by atoms with Crippen molar-refractivity contribution >= 4 is 17.3 Å². The second-order valence-electron chi connectivity index (χ2n) is 9.85. The molecule has 2 fully saturated rings. The molecule has 0 amide bonds. The lowest BCUT2D eigenvalue weighted by molar-refractivity contribution is -0.313. The fraction of sp³-hybridized carbons (Fsp3) is 0.393. The maximum Gasteiger partial charge on any atom is 0.217 e. The molecular weight excluding hydrogens is 480 g/mol. The van der Waals surface area contributed by atoms with Gasteiger partial charge in [-0.3, -0.25) is 14.4 Å². The van der Waals surface area contributed by atoms with Gasteiger partial charge in [0.2, 0.25) is 11.6 Å². The predicted molar refractivity (Wildman–Crippen MR) is 134 cm³/mol. The number of aliphatic hydroxyl groups is 5. The summed E-state index contributed by atoms with van der Waals surface area (Å²) in [7, 11) is 0. The topological polar surface area (TPSA) is 162 Å². The lowest BCUT2D eigenvalue weighted by atomic mass is 9.52. The van der Waals surface area contributed by atoms with Crippen molar-refractivity contribution in [2.75, 3.05) is 0 Å². The van der Waals surface area contributed by atoms with Gasteiger partial charge in [0.05, 0.1) is 5.41 Å². The van der Waals surface area contributed by atoms with Gasteiger partial charge in [-0.15, -0.1) is 0 Å². The molecule has 0 aromatic heterocycles. The molecule has 0 aromatic carbocycles. The number of fused-ring (bicyclic) bond motifs is 3. The van der Waals surface area contributed by atoms with Gasteiger partial charge in [0.1, 0.15) is 28.5 Å². The number of ketones is 3. The van der Waals surface area contributed by atoms with Crippen LogP contribution in [0.25, 0.3) is 0 Å². The van der Waals surface area contributed by atoms with Crippen LogP contribution in [0.15, 0.2) is 82.6 Å². The van der Waals surface area contributed by atoms with Crippen LogP contribution in [0, 0.1) is 11.3 Å². The highest BCUT2D eigenvalue weighted by atomic mass is 16.7. The van der Waals surface area contributed by atoms with Gasteiger partial charge < -0.3 is 30.3 Å². The molecule has 1 heterocycles. The summed E-state index contributed by atoms with van der Waals surface area (Å²) in [4.78, 5) is 40.8. The molecule has 3 aliphatic rings. The van der Waals surface area contributed by atoms with Gasteiger partial charge in [0.15, 0.2) is 17.2 Å². The second-order valence-corrected chi connectivity index (χ2v) is 9.85. The van der Waals surface area contributed by atoms with E-state index in [1.165, 1.54) is 45.1 Å². The van der Waals surface area contributed by atoms with Crippen LogP contribution in [0.2, 0.25) is 0 Å². The van der Waals surface area contributed by atoms with Crippen LogP contribution in [-0.4, -0.2) is 59.9 Å². The molecule has 3 rings (SSSR count). The number of aliphatic hydroxyl groups excluding tert-OH is 3. The number of rotatable bonds is 4. The molecule has 0 spiro atoms. The van der Waals surface area contributed by atoms with E-state index < -0.39 is 68.5 Å². The molecule has 0 radical (unpaired) electrons. The molecule has 198 valence electrons. The summed E-state index contributed by atoms with van der Waals surface area (Å²) in [6, 6.07) is 0. The minimum absolute atomic E-state index is 0.211. The van der Waals surface area contributed by atoms with Crippen LogP contribution in [0.1, 0.15) is 41.5 Å². The lowest BCUT2D eigenvalue weighted by Gasteiger charge is -2.50. The molecule has 37 heavy (non-hydrogen) atoms. The van der Waals surface area contributed by atoms with Crippen LogP contribution in [0.4, 0.5) is 0 Å². The summed E-state index contributed by atoms with van der Waals surface area (Å²) < 4.78 is 5.82. The minimum atomic E-state index is -2.98. The van der Waals surface area contributed by atoms with Crippen molar-refractivity contribution in [2.24, 2.45) is 11.3 Å². The maximum absolute atomic E-state index is 14.0. The first-order valence-corrected chi connectivity index (χ1v) is 11.7. The smallest absolute Gasteiger partial charge is 0.217 e. The monoisotopic (exact) mass is 512 g/mol. The Morgan fingerprint density at radius 1 is 0.838 bits per heavy atom. The first kappa shape index (κ1) is 28.0. The van der Waals surface area contributed by atoms with E-state index in [0.717, 1.165) is 13.0 Å². The van der Waals surface area contributed by atoms with Gasteiger partial charge in [0, 0.05) is 17.1 Å². The summed E-state index contributed by atoms with van der Waals surface area (Å²) in [6.45, 7) is 8.07. The Hall–Kier alpha value is -3.53. The average Bonchev–Trinajstić information content (AvgIpc) is 3.03. The molecule has 2 aliphatic carbocycles. The van der Waals surface area contributed by atoms with Crippen LogP contribution in [-0.2, 0) is 19.1 Å². The first-order valence-electron chi connectivity index (χ1n) is 11.7. The number of Topliss-reactive ketones (excluding diaryl/α,β-unsaturated/α-hetero) is 3. The van der Waals surface area contributed by atoms with Crippen molar-refractivity contribution in [3.8, 4) is 0 Å². The van der Waals surface area contributed by atoms with Gasteiger partial charge in [-0.05, 0) is 53.7 Å². The van der Waals surface area contributed by atoms with Crippen LogP contribution < -0.4 is 0 Å². The largest absolute Gasteiger partial charge is 0.508 e. The van der Waals surface area contributed by atoms with E-state index in [2.05, 4.69) is 0 Å². The quantitative estimate of drug-likeness (QED) is 0.165. The maximum atomic E-state index is 14.0. The van der Waals surface area contributed by atoms with Crippen LogP contribution in [0.5, 0.6) is 0 Å². The van der Waals surface area contributed by atoms with Crippen LogP contribution >= 0.6 is 0 Å². The summed E-state index contributed by atoms with van der Waals surface area (Å²) in [5.41, 5.74) is -8.56. The summed E-state index contributed by atoms with van der Waals surface area (Å²) >= 11 is 0. The number of allylic oxidation sites excluding steroid dienone is 9. The average molecular weight is 513 g/mol. The Balaban J connectivity index is 2.46. The molecule has 0 unspecified atom stereocenters. The van der Waals surface area contributed by atoms with Crippen molar-refractivity contribution in [1.29, 1.82) is 0 Å². The molecule has 5 atom stereocenters. The molecule has 1 aliphatic heterocycles. The van der Waals surface area contributed by atoms with Crippen molar-refractivity contribution in [3.63, 3.8) is 0 Å². The van der Waals surface area contributed by atoms with E-state index in [-0.39, 0.29) is 11.1 Å². The number of carbonyl (C=O) groups is 3. The van der Waals surface area contributed by atoms with Gasteiger partial charge in [-0.2, -0.15) is 0 Å². The summed E-state index contributed by atoms with van der Waals surface area (Å²) in [6.07, 6.45) is 11.5. The Kier molecular flexibility index (Phi) is 6.89. The third-order valence-electron chi connectivity index (χ3n) is 7.56. The normalized spacial score (nSPS) is 39.5. The Bertz CT molecular complexity index is 1290. The number of ether oxygens (including phenoxy) is 1. The van der Waals surface area contributed by atoms with Gasteiger partial charge in [-0.1, -0.05) is 36.5 Å². The van der Waals surface area contributed by atoms with Crippen molar-refractivity contribution in [3.05, 3.63) is 82.6 Å². The molecule has 9 nitrogen and oxygen atoms in total. The SMILES string of the molecule is C/C=C/C=C/C(O)=C1/C(O)=C(C)C(=O)[C@@]2(C)O[C@]3(O)[C@@](C)(C(=O)/C(=C(O)/C=C/C=C/C)C(=O)[C@@]3(C)O)[C@@H]12. The Morgan fingerprint density at radius 2 is 1.35 bits per heavy atom. The van der Waals surface area contributed by atoms with Crippen molar-refractivity contribution in [2.45, 2.75) is 58.5 Å². The molecule has 9 heteroatoms.